The van der Waals surface area contributed by atoms with Crippen LogP contribution >= 0.6 is 0 Å². The Balaban J connectivity index is 1.95. The summed E-state index contributed by atoms with van der Waals surface area (Å²) in [5.74, 6) is 0. The van der Waals surface area contributed by atoms with E-state index in [1.54, 1.807) is 0 Å². The molecule has 0 aromatic heterocycles. The zero-order chi connectivity index (χ0) is 14.5. The molecule has 1 aromatic carbocycles. The first-order valence-corrected chi connectivity index (χ1v) is 8.14. The van der Waals surface area contributed by atoms with Gasteiger partial charge in [-0.05, 0) is 64.6 Å². The molecular weight excluding hydrogens is 244 g/mol. The largest absolute Gasteiger partial charge is 0.382 e. The quantitative estimate of drug-likeness (QED) is 0.853. The maximum atomic E-state index is 3.73. The van der Waals surface area contributed by atoms with Gasteiger partial charge in [0.2, 0.25) is 0 Å². The Morgan fingerprint density at radius 2 is 1.85 bits per heavy atom. The van der Waals surface area contributed by atoms with Crippen molar-refractivity contribution in [1.29, 1.82) is 0 Å². The molecule has 2 atom stereocenters. The minimum Gasteiger partial charge on any atom is -0.382 e. The van der Waals surface area contributed by atoms with Crippen LogP contribution < -0.4 is 10.6 Å². The van der Waals surface area contributed by atoms with E-state index in [0.29, 0.717) is 12.1 Å². The van der Waals surface area contributed by atoms with Gasteiger partial charge in [-0.15, -0.1) is 0 Å². The molecule has 1 aliphatic rings. The average Bonchev–Trinajstić information content (AvgIpc) is 2.62. The predicted octanol–water partition coefficient (Wildman–Crippen LogP) is 4.33. The highest BCUT2D eigenvalue weighted by molar-refractivity contribution is 5.58. The van der Waals surface area contributed by atoms with Gasteiger partial charge in [0.1, 0.15) is 0 Å². The smallest absolute Gasteiger partial charge is 0.0401 e. The number of aryl methyl sites for hydroxylation is 3. The van der Waals surface area contributed by atoms with Crippen molar-refractivity contribution in [3.05, 3.63) is 28.8 Å². The van der Waals surface area contributed by atoms with Crippen LogP contribution in [0, 0.1) is 20.8 Å². The van der Waals surface area contributed by atoms with Gasteiger partial charge < -0.3 is 10.6 Å². The number of nitrogens with one attached hydrogen (secondary N) is 2. The van der Waals surface area contributed by atoms with E-state index in [4.69, 9.17) is 0 Å². The number of anilines is 1. The molecule has 1 aromatic rings. The number of hydrogen-bond donors (Lipinski definition) is 2. The van der Waals surface area contributed by atoms with E-state index in [2.05, 4.69) is 50.5 Å². The minimum atomic E-state index is 0.519. The zero-order valence-corrected chi connectivity index (χ0v) is 13.6. The average molecular weight is 274 g/mol. The van der Waals surface area contributed by atoms with E-state index < -0.39 is 0 Å². The Morgan fingerprint density at radius 1 is 1.15 bits per heavy atom. The first kappa shape index (κ1) is 15.4. The molecule has 112 valence electrons. The van der Waals surface area contributed by atoms with Crippen molar-refractivity contribution < 1.29 is 0 Å². The molecule has 2 rings (SSSR count). The molecule has 20 heavy (non-hydrogen) atoms. The van der Waals surface area contributed by atoms with E-state index >= 15 is 0 Å². The minimum absolute atomic E-state index is 0.519. The third-order valence-corrected chi connectivity index (χ3v) is 4.37. The number of benzene rings is 1. The number of hydrogen-bond acceptors (Lipinski definition) is 2. The topological polar surface area (TPSA) is 24.1 Å². The van der Waals surface area contributed by atoms with Gasteiger partial charge in [-0.2, -0.15) is 0 Å². The van der Waals surface area contributed by atoms with Crippen LogP contribution in [0.25, 0.3) is 0 Å². The summed E-state index contributed by atoms with van der Waals surface area (Å²) in [6, 6.07) is 5.74. The molecule has 2 heteroatoms. The van der Waals surface area contributed by atoms with Crippen LogP contribution in [0.2, 0.25) is 0 Å². The van der Waals surface area contributed by atoms with Crippen LogP contribution in [0.4, 0.5) is 5.69 Å². The highest BCUT2D eigenvalue weighted by Gasteiger charge is 2.15. The van der Waals surface area contributed by atoms with Gasteiger partial charge in [0.15, 0.2) is 0 Å². The molecule has 0 aliphatic carbocycles. The summed E-state index contributed by atoms with van der Waals surface area (Å²) in [5, 5.41) is 7.43. The highest BCUT2D eigenvalue weighted by atomic mass is 15.0. The molecule has 0 radical (unpaired) electrons. The fourth-order valence-electron chi connectivity index (χ4n) is 3.44. The molecule has 2 unspecified atom stereocenters. The van der Waals surface area contributed by atoms with Crippen LogP contribution in [0.3, 0.4) is 0 Å². The Morgan fingerprint density at radius 3 is 2.55 bits per heavy atom. The van der Waals surface area contributed by atoms with Crippen molar-refractivity contribution in [1.82, 2.24) is 5.32 Å². The van der Waals surface area contributed by atoms with E-state index in [1.165, 1.54) is 61.0 Å². The highest BCUT2D eigenvalue weighted by Crippen LogP contribution is 2.24. The maximum absolute atomic E-state index is 3.73. The summed E-state index contributed by atoms with van der Waals surface area (Å²) in [7, 11) is 0. The molecule has 0 bridgehead atoms. The van der Waals surface area contributed by atoms with Gasteiger partial charge in [0.25, 0.3) is 0 Å². The van der Waals surface area contributed by atoms with Crippen LogP contribution in [0.1, 0.15) is 55.7 Å². The summed E-state index contributed by atoms with van der Waals surface area (Å²) < 4.78 is 0. The molecule has 2 nitrogen and oxygen atoms in total. The fraction of sp³-hybridized carbons (Fsp3) is 0.667. The lowest BCUT2D eigenvalue weighted by Gasteiger charge is -2.24. The van der Waals surface area contributed by atoms with Crippen molar-refractivity contribution in [2.45, 2.75) is 71.9 Å². The molecule has 1 aliphatic heterocycles. The Hall–Kier alpha value is -1.02. The lowest BCUT2D eigenvalue weighted by molar-refractivity contribution is 0.456. The van der Waals surface area contributed by atoms with Crippen molar-refractivity contribution in [2.24, 2.45) is 0 Å². The van der Waals surface area contributed by atoms with Crippen LogP contribution in [-0.4, -0.2) is 18.6 Å². The second-order valence-electron chi connectivity index (χ2n) is 6.56. The Labute approximate surface area is 124 Å². The first-order valence-electron chi connectivity index (χ1n) is 8.14. The zero-order valence-electron chi connectivity index (χ0n) is 13.6. The summed E-state index contributed by atoms with van der Waals surface area (Å²) >= 11 is 0. The van der Waals surface area contributed by atoms with Gasteiger partial charge in [0.05, 0.1) is 0 Å². The van der Waals surface area contributed by atoms with Gasteiger partial charge in [-0.1, -0.05) is 30.5 Å². The Bertz CT molecular complexity index is 408. The third-order valence-electron chi connectivity index (χ3n) is 4.37. The molecule has 1 heterocycles. The normalized spacial score (nSPS) is 21.3. The second-order valence-corrected chi connectivity index (χ2v) is 6.56. The van der Waals surface area contributed by atoms with E-state index in [-0.39, 0.29) is 0 Å². The first-order chi connectivity index (χ1) is 9.56. The summed E-state index contributed by atoms with van der Waals surface area (Å²) in [6.45, 7) is 10.1. The molecule has 0 spiro atoms. The monoisotopic (exact) mass is 274 g/mol. The maximum Gasteiger partial charge on any atom is 0.0401 e. The standard InChI is InChI=1S/C18H30N2/c1-13-10-14(2)18(15(3)11-13)20-16(4)12-17-8-6-5-7-9-19-17/h10-11,16-17,19-20H,5-9,12H2,1-4H3. The number of rotatable bonds is 4. The molecular formula is C18H30N2. The molecule has 1 saturated heterocycles. The van der Waals surface area contributed by atoms with Gasteiger partial charge in [-0.3, -0.25) is 0 Å². The van der Waals surface area contributed by atoms with Crippen LogP contribution in [0.5, 0.6) is 0 Å². The van der Waals surface area contributed by atoms with Crippen molar-refractivity contribution >= 4 is 5.69 Å². The van der Waals surface area contributed by atoms with Crippen LogP contribution in [0.15, 0.2) is 12.1 Å². The lowest BCUT2D eigenvalue weighted by atomic mass is 10.0. The van der Waals surface area contributed by atoms with Gasteiger partial charge in [-0.25, -0.2) is 0 Å². The van der Waals surface area contributed by atoms with E-state index in [0.717, 1.165) is 0 Å². The van der Waals surface area contributed by atoms with Crippen molar-refractivity contribution in [3.63, 3.8) is 0 Å². The van der Waals surface area contributed by atoms with Gasteiger partial charge >= 0.3 is 0 Å². The summed E-state index contributed by atoms with van der Waals surface area (Å²) in [6.07, 6.45) is 6.66. The van der Waals surface area contributed by atoms with Crippen molar-refractivity contribution in [3.8, 4) is 0 Å². The fourth-order valence-corrected chi connectivity index (χ4v) is 3.44. The Kier molecular flexibility index (Phi) is 5.47. The van der Waals surface area contributed by atoms with Crippen LogP contribution in [-0.2, 0) is 0 Å². The molecule has 0 saturated carbocycles. The molecule has 2 N–H and O–H groups in total. The molecule has 1 fully saturated rings. The summed E-state index contributed by atoms with van der Waals surface area (Å²) in [5.41, 5.74) is 5.41. The SMILES string of the molecule is Cc1cc(C)c(NC(C)CC2CCCCCN2)c(C)c1. The van der Waals surface area contributed by atoms with E-state index in [1.807, 2.05) is 0 Å². The molecule has 0 amide bonds. The third kappa shape index (κ3) is 4.24. The van der Waals surface area contributed by atoms with Gasteiger partial charge in [0, 0.05) is 17.8 Å². The summed E-state index contributed by atoms with van der Waals surface area (Å²) in [4.78, 5) is 0. The van der Waals surface area contributed by atoms with E-state index in [9.17, 15) is 0 Å². The predicted molar refractivity (Wildman–Crippen MR) is 88.6 cm³/mol. The lowest BCUT2D eigenvalue weighted by Crippen LogP contribution is -2.33. The van der Waals surface area contributed by atoms with Crippen molar-refractivity contribution in [2.75, 3.05) is 11.9 Å². The second kappa shape index (κ2) is 7.12.